The highest BCUT2D eigenvalue weighted by molar-refractivity contribution is 7.45. The third kappa shape index (κ3) is 59.1. The number of carbonyl (C=O) groups is 2. The Morgan fingerprint density at radius 2 is 0.810 bits per heavy atom. The van der Waals surface area contributed by atoms with Crippen molar-refractivity contribution in [1.82, 2.24) is 5.32 Å². The minimum atomic E-state index is -4.72. The Morgan fingerprint density at radius 1 is 0.456 bits per heavy atom. The van der Waals surface area contributed by atoms with Crippen molar-refractivity contribution in [2.75, 3.05) is 40.9 Å². The van der Waals surface area contributed by atoms with Crippen molar-refractivity contribution in [3.05, 3.63) is 109 Å². The number of likely N-dealkylation sites (N-methyl/N-ethyl adjacent to an activating group) is 1. The summed E-state index contributed by atoms with van der Waals surface area (Å²) in [6.45, 7) is 6.68. The van der Waals surface area contributed by atoms with Crippen LogP contribution in [0.3, 0.4) is 0 Å². The summed E-state index contributed by atoms with van der Waals surface area (Å²) < 4.78 is 30.3. The normalized spacial score (nSPS) is 14.4. The molecule has 3 atom stereocenters. The lowest BCUT2D eigenvalue weighted by molar-refractivity contribution is -0.870. The molecule has 0 saturated heterocycles. The predicted octanol–water partition coefficient (Wildman–Crippen LogP) is 19.5. The number of hydrogen-bond donors (Lipinski definition) is 1. The predicted molar refractivity (Wildman–Crippen MR) is 339 cm³/mol. The lowest BCUT2D eigenvalue weighted by Gasteiger charge is -2.30. The first kappa shape index (κ1) is 75.7. The number of hydrogen-bond acceptors (Lipinski definition) is 7. The Morgan fingerprint density at radius 3 is 1.24 bits per heavy atom. The fourth-order valence-corrected chi connectivity index (χ4v) is 9.45. The maximum Gasteiger partial charge on any atom is 0.306 e. The van der Waals surface area contributed by atoms with Crippen molar-refractivity contribution in [2.45, 2.75) is 277 Å². The molecule has 0 bridgehead atoms. The van der Waals surface area contributed by atoms with Gasteiger partial charge in [-0.05, 0) is 115 Å². The van der Waals surface area contributed by atoms with E-state index in [0.29, 0.717) is 23.9 Å². The maximum absolute atomic E-state index is 13.6. The third-order valence-electron chi connectivity index (χ3n) is 13.7. The molecule has 0 aromatic heterocycles. The van der Waals surface area contributed by atoms with Gasteiger partial charge in [0.05, 0.1) is 33.8 Å². The molecule has 3 unspecified atom stereocenters. The van der Waals surface area contributed by atoms with Crippen molar-refractivity contribution in [3.8, 4) is 0 Å². The van der Waals surface area contributed by atoms with Gasteiger partial charge in [-0.3, -0.25) is 14.2 Å². The van der Waals surface area contributed by atoms with E-state index < -0.39 is 26.6 Å². The molecule has 0 aliphatic carbocycles. The molecule has 0 aliphatic rings. The Balaban J connectivity index is 5.33. The maximum atomic E-state index is 13.6. The Kier molecular flexibility index (Phi) is 55.4. The van der Waals surface area contributed by atoms with Crippen LogP contribution in [-0.4, -0.2) is 69.4 Å². The van der Waals surface area contributed by atoms with Crippen LogP contribution in [0.4, 0.5) is 0 Å². The lowest BCUT2D eigenvalue weighted by atomic mass is 10.0. The standard InChI is InChI=1S/C69H121N2O7P/c1-7-10-13-16-19-22-25-28-30-32-34-35-37-39-41-44-47-50-53-56-59-62-69(73)78-67(60-57-54-51-48-45-42-27-24-21-18-15-12-9-3)66(65-77-79(74,75)76-64-63-71(4,5)6)70-68(72)61-58-55-52-49-46-43-40-38-36-33-31-29-26-23-20-17-14-11-8-2/h10,13,19-20,22-23,28-31,34-36,38-39,41,57,60,66-67H,7-9,11-12,14-18,21,24-27,32-33,37,40,42-56,58-59,61-65H2,1-6H3,(H-,70,72,74,75)/b13-10-,22-19-,23-20-,30-28-,31-29-,35-34-,38-36-,41-39-,60-57+. The summed E-state index contributed by atoms with van der Waals surface area (Å²) in [5.74, 6) is -0.581. The molecule has 10 heteroatoms. The molecule has 79 heavy (non-hydrogen) atoms. The van der Waals surface area contributed by atoms with E-state index in [0.717, 1.165) is 141 Å². The van der Waals surface area contributed by atoms with Gasteiger partial charge in [0.15, 0.2) is 0 Å². The molecule has 0 aromatic rings. The number of quaternary nitrogens is 1. The number of rotatable bonds is 57. The van der Waals surface area contributed by atoms with Crippen molar-refractivity contribution in [1.29, 1.82) is 0 Å². The Labute approximate surface area is 487 Å². The molecular weight excluding hydrogens is 1000 g/mol. The van der Waals surface area contributed by atoms with E-state index in [-0.39, 0.29) is 24.9 Å². The molecule has 0 rings (SSSR count). The van der Waals surface area contributed by atoms with Crippen molar-refractivity contribution in [3.63, 3.8) is 0 Å². The SMILES string of the molecule is CC/C=C\C/C=C\C/C=C\C/C=C\C/C=C\CCCCCCCC(=O)OC(/C=C/CCCCCCCCCCCCC)C(COP(=O)([O-])OCC[N+](C)(C)C)NC(=O)CCCCCCCC/C=C\C/C=C\C/C=C\CCCCC. The Bertz CT molecular complexity index is 1720. The molecule has 0 heterocycles. The highest BCUT2D eigenvalue weighted by Crippen LogP contribution is 2.38. The molecule has 454 valence electrons. The number of unbranched alkanes of at least 4 members (excludes halogenated alkanes) is 25. The number of amides is 1. The largest absolute Gasteiger partial charge is 0.756 e. The summed E-state index contributed by atoms with van der Waals surface area (Å²) in [4.78, 5) is 40.1. The van der Waals surface area contributed by atoms with E-state index in [1.165, 1.54) is 83.5 Å². The zero-order chi connectivity index (χ0) is 57.9. The minimum Gasteiger partial charge on any atom is -0.756 e. The zero-order valence-corrected chi connectivity index (χ0v) is 52.7. The number of nitrogens with zero attached hydrogens (tertiary/aromatic N) is 1. The minimum absolute atomic E-state index is 0.0339. The highest BCUT2D eigenvalue weighted by atomic mass is 31.2. The first-order valence-corrected chi connectivity index (χ1v) is 33.7. The number of nitrogens with one attached hydrogen (secondary N) is 1. The number of carbonyl (C=O) groups excluding carboxylic acids is 2. The van der Waals surface area contributed by atoms with Gasteiger partial charge in [0, 0.05) is 12.8 Å². The first-order valence-electron chi connectivity index (χ1n) is 32.2. The van der Waals surface area contributed by atoms with Crippen LogP contribution in [0.1, 0.15) is 265 Å². The van der Waals surface area contributed by atoms with Crippen LogP contribution in [0.25, 0.3) is 0 Å². The van der Waals surface area contributed by atoms with E-state index in [2.05, 4.69) is 123 Å². The topological polar surface area (TPSA) is 114 Å². The highest BCUT2D eigenvalue weighted by Gasteiger charge is 2.27. The second-order valence-corrected chi connectivity index (χ2v) is 23.9. The van der Waals surface area contributed by atoms with Crippen LogP contribution in [0, 0.1) is 0 Å². The summed E-state index contributed by atoms with van der Waals surface area (Å²) in [7, 11) is 1.15. The fraction of sp³-hybridized carbons (Fsp3) is 0.710. The third-order valence-corrected chi connectivity index (χ3v) is 14.7. The molecule has 0 aromatic carbocycles. The fourth-order valence-electron chi connectivity index (χ4n) is 8.73. The smallest absolute Gasteiger partial charge is 0.306 e. The van der Waals surface area contributed by atoms with Gasteiger partial charge in [0.25, 0.3) is 7.82 Å². The quantitative estimate of drug-likeness (QED) is 0.0212. The molecular formula is C69H121N2O7P. The molecule has 9 nitrogen and oxygen atoms in total. The van der Waals surface area contributed by atoms with E-state index in [1.807, 2.05) is 33.3 Å². The molecule has 1 N–H and O–H groups in total. The molecule has 0 aliphatic heterocycles. The van der Waals surface area contributed by atoms with Gasteiger partial charge in [-0.15, -0.1) is 0 Å². The lowest BCUT2D eigenvalue weighted by Crippen LogP contribution is -2.47. The zero-order valence-electron chi connectivity index (χ0n) is 51.8. The van der Waals surface area contributed by atoms with Crippen molar-refractivity contribution < 1.29 is 37.3 Å². The second-order valence-electron chi connectivity index (χ2n) is 22.5. The van der Waals surface area contributed by atoms with E-state index in [4.69, 9.17) is 13.8 Å². The molecule has 0 fully saturated rings. The van der Waals surface area contributed by atoms with Gasteiger partial charge in [-0.1, -0.05) is 246 Å². The average molecular weight is 1120 g/mol. The molecule has 1 amide bonds. The molecule has 0 saturated carbocycles. The number of ether oxygens (including phenoxy) is 1. The van der Waals surface area contributed by atoms with Crippen LogP contribution >= 0.6 is 7.82 Å². The average Bonchev–Trinajstić information content (AvgIpc) is 3.41. The summed E-state index contributed by atoms with van der Waals surface area (Å²) in [5, 5.41) is 3.02. The monoisotopic (exact) mass is 1120 g/mol. The summed E-state index contributed by atoms with van der Waals surface area (Å²) in [6.07, 6.45) is 79.0. The van der Waals surface area contributed by atoms with E-state index in [9.17, 15) is 19.0 Å². The van der Waals surface area contributed by atoms with Gasteiger partial charge in [-0.25, -0.2) is 0 Å². The van der Waals surface area contributed by atoms with Crippen LogP contribution in [-0.2, 0) is 27.9 Å². The first-order chi connectivity index (χ1) is 38.4. The van der Waals surface area contributed by atoms with Crippen LogP contribution in [0.15, 0.2) is 109 Å². The second kappa shape index (κ2) is 57.9. The number of phosphoric acid groups is 1. The van der Waals surface area contributed by atoms with Gasteiger partial charge < -0.3 is 28.5 Å². The van der Waals surface area contributed by atoms with Gasteiger partial charge in [0.2, 0.25) is 5.91 Å². The number of esters is 1. The van der Waals surface area contributed by atoms with Crippen molar-refractivity contribution in [2.24, 2.45) is 0 Å². The van der Waals surface area contributed by atoms with Crippen molar-refractivity contribution >= 4 is 19.7 Å². The summed E-state index contributed by atoms with van der Waals surface area (Å²) in [6, 6.07) is -0.911. The van der Waals surface area contributed by atoms with E-state index in [1.54, 1.807) is 0 Å². The van der Waals surface area contributed by atoms with Crippen LogP contribution < -0.4 is 10.2 Å². The molecule has 0 radical (unpaired) electrons. The Hall–Kier alpha value is -3.33. The van der Waals surface area contributed by atoms with Gasteiger partial charge in [0.1, 0.15) is 19.3 Å². The molecule has 0 spiro atoms. The summed E-state index contributed by atoms with van der Waals surface area (Å²) in [5.41, 5.74) is 0. The summed E-state index contributed by atoms with van der Waals surface area (Å²) >= 11 is 0. The van der Waals surface area contributed by atoms with Gasteiger partial charge >= 0.3 is 5.97 Å². The van der Waals surface area contributed by atoms with E-state index >= 15 is 0 Å². The van der Waals surface area contributed by atoms with Gasteiger partial charge in [-0.2, -0.15) is 0 Å². The van der Waals surface area contributed by atoms with Crippen LogP contribution in [0.2, 0.25) is 0 Å². The van der Waals surface area contributed by atoms with Crippen LogP contribution in [0.5, 0.6) is 0 Å². The number of phosphoric ester groups is 1. The number of allylic oxidation sites excluding steroid dienone is 17.